The highest BCUT2D eigenvalue weighted by Gasteiger charge is 2.20. The maximum absolute atomic E-state index is 12.8. The summed E-state index contributed by atoms with van der Waals surface area (Å²) in [6, 6.07) is 5.80. The molecule has 0 saturated carbocycles. The van der Waals surface area contributed by atoms with Crippen LogP contribution in [0.4, 0.5) is 5.95 Å². The van der Waals surface area contributed by atoms with Crippen LogP contribution in [-0.4, -0.2) is 60.5 Å². The largest absolute Gasteiger partial charge is 0.306 e. The van der Waals surface area contributed by atoms with Gasteiger partial charge in [0.25, 0.3) is 5.91 Å². The number of nitrogens with one attached hydrogen (secondary N) is 1. The number of hydrogen-bond acceptors (Lipinski definition) is 6. The van der Waals surface area contributed by atoms with Crippen LogP contribution in [0.1, 0.15) is 33.4 Å². The van der Waals surface area contributed by atoms with Crippen LogP contribution in [0.5, 0.6) is 0 Å². The van der Waals surface area contributed by atoms with Crippen molar-refractivity contribution in [2.45, 2.75) is 18.9 Å². The number of rotatable bonds is 4. The normalized spacial score (nSPS) is 17.3. The van der Waals surface area contributed by atoms with Crippen LogP contribution >= 0.6 is 0 Å². The zero-order valence-electron chi connectivity index (χ0n) is 20.1. The van der Waals surface area contributed by atoms with Crippen LogP contribution in [0.25, 0.3) is 22.0 Å². The van der Waals surface area contributed by atoms with Crippen molar-refractivity contribution in [3.63, 3.8) is 0 Å². The van der Waals surface area contributed by atoms with E-state index < -0.39 is 6.98 Å². The van der Waals surface area contributed by atoms with Crippen molar-refractivity contribution in [3.05, 3.63) is 54.7 Å². The molecule has 31 heavy (non-hydrogen) atoms. The van der Waals surface area contributed by atoms with Gasteiger partial charge in [-0.2, -0.15) is 10.2 Å². The van der Waals surface area contributed by atoms with Crippen LogP contribution in [0.3, 0.4) is 0 Å². The smallest absolute Gasteiger partial charge is 0.261 e. The molecule has 1 aliphatic heterocycles. The molecular weight excluding hydrogens is 392 g/mol. The first kappa shape index (κ1) is 16.1. The Morgan fingerprint density at radius 1 is 1.13 bits per heavy atom. The van der Waals surface area contributed by atoms with E-state index >= 15 is 0 Å². The van der Waals surface area contributed by atoms with Crippen molar-refractivity contribution in [2.24, 2.45) is 6.98 Å². The number of carbonyl (C=O) groups is 1. The summed E-state index contributed by atoms with van der Waals surface area (Å²) >= 11 is 0. The summed E-state index contributed by atoms with van der Waals surface area (Å²) in [4.78, 5) is 23.8. The predicted molar refractivity (Wildman–Crippen MR) is 118 cm³/mol. The number of nitrogens with zero attached hydrogens (tertiary/aromatic N) is 7. The molecule has 1 N–H and O–H groups in total. The minimum atomic E-state index is -2.34. The van der Waals surface area contributed by atoms with Crippen LogP contribution in [0, 0.1) is 0 Å². The molecule has 9 heteroatoms. The molecule has 0 bridgehead atoms. The molecule has 1 amide bonds. The highest BCUT2D eigenvalue weighted by Crippen LogP contribution is 2.24. The average Bonchev–Trinajstić information content (AvgIpc) is 3.49. The van der Waals surface area contributed by atoms with Gasteiger partial charge in [0.2, 0.25) is 5.95 Å². The molecule has 9 nitrogen and oxygen atoms in total. The van der Waals surface area contributed by atoms with Crippen molar-refractivity contribution in [3.8, 4) is 11.1 Å². The van der Waals surface area contributed by atoms with Gasteiger partial charge >= 0.3 is 0 Å². The molecular formula is C22H24N8O. The Balaban J connectivity index is 1.33. The standard InChI is InChI=1S/C22H24N8O/c1-28-7-5-19(6-8-28)30-14-18(12-25-30)21(31)27-22-23-10-16-4-3-15(9-20(16)26-22)17-11-24-29(2)13-17/h3-4,9-14,19H,5-8H2,1-2H3,(H,23,26,27,31)/i2D3. The fourth-order valence-corrected chi connectivity index (χ4v) is 3.82. The topological polar surface area (TPSA) is 93.8 Å². The Bertz CT molecular complexity index is 1340. The van der Waals surface area contributed by atoms with Gasteiger partial charge in [0, 0.05) is 40.6 Å². The van der Waals surface area contributed by atoms with Crippen molar-refractivity contribution in [1.82, 2.24) is 34.4 Å². The second kappa shape index (κ2) is 7.92. The predicted octanol–water partition coefficient (Wildman–Crippen LogP) is 2.75. The van der Waals surface area contributed by atoms with E-state index in [0.29, 0.717) is 22.7 Å². The van der Waals surface area contributed by atoms with Gasteiger partial charge in [0.15, 0.2) is 0 Å². The summed E-state index contributed by atoms with van der Waals surface area (Å²) < 4.78 is 25.2. The number of aryl methyl sites for hydroxylation is 1. The van der Waals surface area contributed by atoms with Gasteiger partial charge in [-0.15, -0.1) is 0 Å². The van der Waals surface area contributed by atoms with Gasteiger partial charge < -0.3 is 4.90 Å². The second-order valence-electron chi connectivity index (χ2n) is 7.84. The van der Waals surface area contributed by atoms with Gasteiger partial charge in [0.1, 0.15) is 0 Å². The Morgan fingerprint density at radius 2 is 2.00 bits per heavy atom. The molecule has 0 unspecified atom stereocenters. The Kier molecular flexibility index (Phi) is 4.12. The molecule has 158 valence electrons. The van der Waals surface area contributed by atoms with Gasteiger partial charge in [-0.1, -0.05) is 12.1 Å². The number of carbonyl (C=O) groups excluding carboxylic acids is 1. The molecule has 1 aliphatic rings. The van der Waals surface area contributed by atoms with E-state index in [-0.39, 0.29) is 11.9 Å². The summed E-state index contributed by atoms with van der Waals surface area (Å²) in [6.07, 6.45) is 9.94. The first-order valence-electron chi connectivity index (χ1n) is 11.6. The lowest BCUT2D eigenvalue weighted by molar-refractivity contribution is 0.102. The third-order valence-corrected chi connectivity index (χ3v) is 5.65. The fourth-order valence-electron chi connectivity index (χ4n) is 3.82. The zero-order valence-corrected chi connectivity index (χ0v) is 17.1. The lowest BCUT2D eigenvalue weighted by Crippen LogP contribution is -2.31. The number of aromatic nitrogens is 6. The van der Waals surface area contributed by atoms with Gasteiger partial charge in [0.05, 0.1) is 29.5 Å². The molecule has 0 spiro atoms. The first-order chi connectivity index (χ1) is 16.3. The molecule has 0 radical (unpaired) electrons. The van der Waals surface area contributed by atoms with E-state index in [1.54, 1.807) is 18.6 Å². The van der Waals surface area contributed by atoms with E-state index in [0.717, 1.165) is 41.6 Å². The molecule has 4 aromatic rings. The highest BCUT2D eigenvalue weighted by molar-refractivity contribution is 6.03. The van der Waals surface area contributed by atoms with Crippen molar-refractivity contribution < 1.29 is 8.91 Å². The van der Waals surface area contributed by atoms with E-state index in [1.165, 1.54) is 12.4 Å². The number of hydrogen-bond donors (Lipinski definition) is 1. The van der Waals surface area contributed by atoms with E-state index in [4.69, 9.17) is 4.11 Å². The van der Waals surface area contributed by atoms with Crippen LogP contribution in [-0.2, 0) is 6.98 Å². The average molecular weight is 420 g/mol. The lowest BCUT2D eigenvalue weighted by Gasteiger charge is -2.28. The fraction of sp³-hybridized carbons (Fsp3) is 0.318. The van der Waals surface area contributed by atoms with Crippen LogP contribution < -0.4 is 5.32 Å². The molecule has 5 rings (SSSR count). The minimum Gasteiger partial charge on any atom is -0.306 e. The third-order valence-electron chi connectivity index (χ3n) is 5.65. The molecule has 3 aromatic heterocycles. The second-order valence-corrected chi connectivity index (χ2v) is 7.84. The van der Waals surface area contributed by atoms with Crippen molar-refractivity contribution in [2.75, 3.05) is 25.5 Å². The summed E-state index contributed by atoms with van der Waals surface area (Å²) in [5.41, 5.74) is 2.49. The molecule has 1 saturated heterocycles. The van der Waals surface area contributed by atoms with E-state index in [2.05, 4.69) is 37.4 Å². The number of piperidine rings is 1. The monoisotopic (exact) mass is 419 g/mol. The number of anilines is 1. The van der Waals surface area contributed by atoms with Crippen LogP contribution in [0.2, 0.25) is 0 Å². The van der Waals surface area contributed by atoms with Crippen molar-refractivity contribution >= 4 is 22.8 Å². The Labute approximate surface area is 183 Å². The molecule has 4 heterocycles. The Hall–Kier alpha value is -3.59. The van der Waals surface area contributed by atoms with E-state index in [9.17, 15) is 4.79 Å². The minimum absolute atomic E-state index is 0.180. The SMILES string of the molecule is [2H]C([2H])([2H])n1cc(-c2ccc3cnc(NC(=O)c4cnn(C5CCN(C)CC5)c4)nc3c2)cn1. The maximum atomic E-state index is 12.8. The van der Waals surface area contributed by atoms with Crippen molar-refractivity contribution in [1.29, 1.82) is 0 Å². The Morgan fingerprint density at radius 3 is 2.81 bits per heavy atom. The summed E-state index contributed by atoms with van der Waals surface area (Å²) in [5, 5.41) is 11.9. The summed E-state index contributed by atoms with van der Waals surface area (Å²) in [6.45, 7) is -0.318. The van der Waals surface area contributed by atoms with Gasteiger partial charge in [-0.25, -0.2) is 9.97 Å². The molecule has 1 fully saturated rings. The molecule has 0 aliphatic carbocycles. The third kappa shape index (κ3) is 4.04. The number of likely N-dealkylation sites (tertiary alicyclic amines) is 1. The maximum Gasteiger partial charge on any atom is 0.261 e. The number of fused-ring (bicyclic) bond motifs is 1. The van der Waals surface area contributed by atoms with Gasteiger partial charge in [-0.3, -0.25) is 19.5 Å². The number of benzene rings is 1. The lowest BCUT2D eigenvalue weighted by atomic mass is 10.1. The first-order valence-corrected chi connectivity index (χ1v) is 10.1. The van der Waals surface area contributed by atoms with Gasteiger partial charge in [-0.05, 0) is 44.6 Å². The summed E-state index contributed by atoms with van der Waals surface area (Å²) in [7, 11) is 2.11. The number of amides is 1. The van der Waals surface area contributed by atoms with Crippen LogP contribution in [0.15, 0.2) is 49.2 Å². The quantitative estimate of drug-likeness (QED) is 0.547. The highest BCUT2D eigenvalue weighted by atomic mass is 16.1. The zero-order chi connectivity index (χ0) is 23.9. The van der Waals surface area contributed by atoms with E-state index in [1.807, 2.05) is 22.9 Å². The summed E-state index contributed by atoms with van der Waals surface area (Å²) in [5.74, 6) is -0.145. The molecule has 1 aromatic carbocycles. The molecule has 0 atom stereocenters.